The summed E-state index contributed by atoms with van der Waals surface area (Å²) in [4.78, 5) is 5.86. The lowest BCUT2D eigenvalue weighted by Gasteiger charge is -2.14. The first kappa shape index (κ1) is 15.3. The monoisotopic (exact) mass is 329 g/mol. The first-order valence-electron chi connectivity index (χ1n) is 7.39. The van der Waals surface area contributed by atoms with Crippen LogP contribution in [-0.4, -0.2) is 14.8 Å². The molecule has 3 nitrogen and oxygen atoms in total. The minimum absolute atomic E-state index is 0.256. The molecule has 0 amide bonds. The van der Waals surface area contributed by atoms with E-state index in [2.05, 4.69) is 59.6 Å². The summed E-state index contributed by atoms with van der Waals surface area (Å²) in [5, 5.41) is 7.65. The number of hydrogen-bond acceptors (Lipinski definition) is 4. The van der Waals surface area contributed by atoms with Gasteiger partial charge in [0.15, 0.2) is 0 Å². The number of aryl methyl sites for hydroxylation is 1. The number of benzene rings is 1. The Hall–Kier alpha value is -1.59. The number of rotatable bonds is 6. The third-order valence-electron chi connectivity index (χ3n) is 3.68. The molecule has 1 atom stereocenters. The number of thiophene rings is 1. The van der Waals surface area contributed by atoms with Crippen LogP contribution in [0.25, 0.3) is 0 Å². The van der Waals surface area contributed by atoms with Gasteiger partial charge in [-0.25, -0.2) is 9.67 Å². The average molecular weight is 329 g/mol. The van der Waals surface area contributed by atoms with Gasteiger partial charge in [-0.05, 0) is 35.9 Å². The maximum Gasteiger partial charge on any atom is 0.208 e. The van der Waals surface area contributed by atoms with Gasteiger partial charge in [0.2, 0.25) is 5.16 Å². The molecular formula is C17H19N3S2. The quantitative estimate of drug-likeness (QED) is 0.600. The van der Waals surface area contributed by atoms with Gasteiger partial charge in [0.05, 0.1) is 6.04 Å². The van der Waals surface area contributed by atoms with Crippen LogP contribution in [-0.2, 0) is 5.75 Å². The number of aromatic nitrogens is 3. The molecule has 22 heavy (non-hydrogen) atoms. The summed E-state index contributed by atoms with van der Waals surface area (Å²) in [5.74, 6) is 0.940. The van der Waals surface area contributed by atoms with Gasteiger partial charge >= 0.3 is 0 Å². The molecule has 114 valence electrons. The van der Waals surface area contributed by atoms with Gasteiger partial charge in [-0.2, -0.15) is 0 Å². The van der Waals surface area contributed by atoms with Crippen molar-refractivity contribution in [2.24, 2.45) is 0 Å². The zero-order valence-corrected chi connectivity index (χ0v) is 14.4. The van der Waals surface area contributed by atoms with E-state index >= 15 is 0 Å². The summed E-state index contributed by atoms with van der Waals surface area (Å²) < 4.78 is 1.99. The third kappa shape index (κ3) is 3.42. The SMILES string of the molecule is CCC(c1ccccc1)n1cnc(SCc2sccc2C)n1. The summed E-state index contributed by atoms with van der Waals surface area (Å²) in [7, 11) is 0. The predicted octanol–water partition coefficient (Wildman–Crippen LogP) is 4.94. The van der Waals surface area contributed by atoms with E-state index in [1.807, 2.05) is 17.1 Å². The van der Waals surface area contributed by atoms with E-state index in [1.54, 1.807) is 23.1 Å². The molecule has 0 aliphatic heterocycles. The Bertz CT molecular complexity index is 718. The van der Waals surface area contributed by atoms with Crippen molar-refractivity contribution in [1.29, 1.82) is 0 Å². The zero-order valence-electron chi connectivity index (χ0n) is 12.8. The Morgan fingerprint density at radius 3 is 2.73 bits per heavy atom. The van der Waals surface area contributed by atoms with Crippen molar-refractivity contribution in [1.82, 2.24) is 14.8 Å². The zero-order chi connectivity index (χ0) is 15.4. The van der Waals surface area contributed by atoms with Crippen molar-refractivity contribution in [2.45, 2.75) is 37.2 Å². The Balaban J connectivity index is 1.71. The smallest absolute Gasteiger partial charge is 0.208 e. The van der Waals surface area contributed by atoms with Crippen molar-refractivity contribution in [3.05, 3.63) is 64.1 Å². The molecule has 2 aromatic heterocycles. The van der Waals surface area contributed by atoms with Gasteiger partial charge in [-0.1, -0.05) is 49.0 Å². The minimum atomic E-state index is 0.256. The van der Waals surface area contributed by atoms with Gasteiger partial charge in [0.1, 0.15) is 6.33 Å². The predicted molar refractivity (Wildman–Crippen MR) is 93.5 cm³/mol. The van der Waals surface area contributed by atoms with Crippen LogP contribution in [0.1, 0.15) is 35.4 Å². The third-order valence-corrected chi connectivity index (χ3v) is 5.76. The fourth-order valence-corrected chi connectivity index (χ4v) is 4.31. The summed E-state index contributed by atoms with van der Waals surface area (Å²) in [6.45, 7) is 4.34. The molecule has 2 heterocycles. The fraction of sp³-hybridized carbons (Fsp3) is 0.294. The van der Waals surface area contributed by atoms with E-state index in [1.165, 1.54) is 16.0 Å². The van der Waals surface area contributed by atoms with E-state index in [4.69, 9.17) is 0 Å². The summed E-state index contributed by atoms with van der Waals surface area (Å²) in [6, 6.07) is 12.9. The molecule has 0 bridgehead atoms. The molecule has 0 spiro atoms. The maximum absolute atomic E-state index is 4.66. The Labute approximate surface area is 139 Å². The highest BCUT2D eigenvalue weighted by Crippen LogP contribution is 2.26. The topological polar surface area (TPSA) is 30.7 Å². The molecular weight excluding hydrogens is 310 g/mol. The highest BCUT2D eigenvalue weighted by Gasteiger charge is 2.14. The molecule has 5 heteroatoms. The Kier molecular flexibility index (Phi) is 4.95. The van der Waals surface area contributed by atoms with Crippen LogP contribution >= 0.6 is 23.1 Å². The van der Waals surface area contributed by atoms with Crippen molar-refractivity contribution >= 4 is 23.1 Å². The van der Waals surface area contributed by atoms with Crippen LogP contribution in [0.5, 0.6) is 0 Å². The van der Waals surface area contributed by atoms with Crippen molar-refractivity contribution in [3.63, 3.8) is 0 Å². The molecule has 0 aliphatic carbocycles. The van der Waals surface area contributed by atoms with Crippen LogP contribution in [0.3, 0.4) is 0 Å². The van der Waals surface area contributed by atoms with Gasteiger partial charge in [-0.15, -0.1) is 16.4 Å². The van der Waals surface area contributed by atoms with Crippen LogP contribution < -0.4 is 0 Å². The molecule has 1 unspecified atom stereocenters. The first-order valence-corrected chi connectivity index (χ1v) is 9.26. The van der Waals surface area contributed by atoms with E-state index < -0.39 is 0 Å². The van der Waals surface area contributed by atoms with Gasteiger partial charge in [0, 0.05) is 10.6 Å². The Morgan fingerprint density at radius 2 is 2.05 bits per heavy atom. The van der Waals surface area contributed by atoms with Crippen LogP contribution in [0.2, 0.25) is 0 Å². The number of nitrogens with zero attached hydrogens (tertiary/aromatic N) is 3. The second-order valence-electron chi connectivity index (χ2n) is 5.16. The first-order chi connectivity index (χ1) is 10.8. The minimum Gasteiger partial charge on any atom is -0.244 e. The van der Waals surface area contributed by atoms with Crippen LogP contribution in [0.15, 0.2) is 53.3 Å². The molecule has 0 N–H and O–H groups in total. The van der Waals surface area contributed by atoms with E-state index in [-0.39, 0.29) is 6.04 Å². The van der Waals surface area contributed by atoms with Crippen molar-refractivity contribution < 1.29 is 0 Å². The van der Waals surface area contributed by atoms with E-state index in [0.717, 1.165) is 17.3 Å². The standard InChI is InChI=1S/C17H19N3S2/c1-3-15(14-7-5-4-6-8-14)20-12-18-17(19-20)22-11-16-13(2)9-10-21-16/h4-10,12,15H,3,11H2,1-2H3. The summed E-state index contributed by atoms with van der Waals surface area (Å²) in [5.41, 5.74) is 2.63. The van der Waals surface area contributed by atoms with E-state index in [0.29, 0.717) is 0 Å². The van der Waals surface area contributed by atoms with Crippen molar-refractivity contribution in [2.75, 3.05) is 0 Å². The van der Waals surface area contributed by atoms with Crippen molar-refractivity contribution in [3.8, 4) is 0 Å². The average Bonchev–Trinajstić information content (AvgIpc) is 3.16. The normalized spacial score (nSPS) is 12.5. The molecule has 1 aromatic carbocycles. The molecule has 3 rings (SSSR count). The Morgan fingerprint density at radius 1 is 1.23 bits per heavy atom. The maximum atomic E-state index is 4.66. The molecule has 0 aliphatic rings. The number of hydrogen-bond donors (Lipinski definition) is 0. The molecule has 0 fully saturated rings. The van der Waals surface area contributed by atoms with Gasteiger partial charge in [0.25, 0.3) is 0 Å². The molecule has 0 saturated heterocycles. The lowest BCUT2D eigenvalue weighted by molar-refractivity contribution is 0.500. The molecule has 0 radical (unpaired) electrons. The van der Waals surface area contributed by atoms with Crippen LogP contribution in [0.4, 0.5) is 0 Å². The summed E-state index contributed by atoms with van der Waals surface area (Å²) >= 11 is 3.50. The van der Waals surface area contributed by atoms with E-state index in [9.17, 15) is 0 Å². The molecule has 0 saturated carbocycles. The largest absolute Gasteiger partial charge is 0.244 e. The second kappa shape index (κ2) is 7.11. The highest BCUT2D eigenvalue weighted by atomic mass is 32.2. The van der Waals surface area contributed by atoms with Gasteiger partial charge in [-0.3, -0.25) is 0 Å². The highest BCUT2D eigenvalue weighted by molar-refractivity contribution is 7.98. The summed E-state index contributed by atoms with van der Waals surface area (Å²) in [6.07, 6.45) is 2.85. The number of thioether (sulfide) groups is 1. The lowest BCUT2D eigenvalue weighted by atomic mass is 10.1. The van der Waals surface area contributed by atoms with Crippen LogP contribution in [0, 0.1) is 6.92 Å². The molecule has 3 aromatic rings. The fourth-order valence-electron chi connectivity index (χ4n) is 2.41. The van der Waals surface area contributed by atoms with Gasteiger partial charge < -0.3 is 0 Å². The second-order valence-corrected chi connectivity index (χ2v) is 7.10. The lowest BCUT2D eigenvalue weighted by Crippen LogP contribution is -2.10.